The average Bonchev–Trinajstić information content (AvgIpc) is 3.58. The molecule has 0 unspecified atom stereocenters. The van der Waals surface area contributed by atoms with Crippen LogP contribution < -0.4 is 0 Å². The number of nitriles is 1. The molecule has 0 bridgehead atoms. The van der Waals surface area contributed by atoms with Gasteiger partial charge in [-0.3, -0.25) is 0 Å². The zero-order chi connectivity index (χ0) is 35.1. The van der Waals surface area contributed by atoms with Gasteiger partial charge in [0.15, 0.2) is 0 Å². The summed E-state index contributed by atoms with van der Waals surface area (Å²) < 4.78 is 33.9. The van der Waals surface area contributed by atoms with Crippen LogP contribution in [-0.4, -0.2) is 9.13 Å². The van der Waals surface area contributed by atoms with Crippen LogP contribution in [0.15, 0.2) is 115 Å². The zero-order valence-electron chi connectivity index (χ0n) is 29.1. The third-order valence-corrected chi connectivity index (χ3v) is 9.96. The number of nitrogens with zero attached hydrogens (tertiary/aromatic N) is 3. The quantitative estimate of drug-likeness (QED) is 0.186. The van der Waals surface area contributed by atoms with Crippen molar-refractivity contribution in [2.75, 3.05) is 0 Å². The van der Waals surface area contributed by atoms with Crippen molar-refractivity contribution >= 4 is 43.6 Å². The smallest absolute Gasteiger partial charge is 0.126 e. The van der Waals surface area contributed by atoms with Crippen molar-refractivity contribution in [3.8, 4) is 28.6 Å². The van der Waals surface area contributed by atoms with E-state index in [4.69, 9.17) is 0 Å². The predicted molar refractivity (Wildman–Crippen MR) is 203 cm³/mol. The molecule has 5 heteroatoms. The highest BCUT2D eigenvalue weighted by Gasteiger charge is 2.24. The van der Waals surface area contributed by atoms with E-state index in [-0.39, 0.29) is 10.8 Å². The second-order valence-corrected chi connectivity index (χ2v) is 15.3. The molecule has 8 aromatic rings. The topological polar surface area (TPSA) is 33.6 Å². The first-order valence-electron chi connectivity index (χ1n) is 17.0. The summed E-state index contributed by atoms with van der Waals surface area (Å²) in [6.07, 6.45) is 0. The summed E-state index contributed by atoms with van der Waals surface area (Å²) in [5.41, 5.74) is 8.77. The average molecular weight is 658 g/mol. The van der Waals surface area contributed by atoms with Crippen molar-refractivity contribution in [3.63, 3.8) is 0 Å². The third-order valence-electron chi connectivity index (χ3n) is 9.96. The van der Waals surface area contributed by atoms with E-state index in [1.807, 2.05) is 36.4 Å². The van der Waals surface area contributed by atoms with Crippen LogP contribution in [0.4, 0.5) is 8.78 Å². The number of benzene rings is 6. The van der Waals surface area contributed by atoms with Crippen molar-refractivity contribution in [3.05, 3.63) is 144 Å². The Morgan fingerprint density at radius 3 is 1.30 bits per heavy atom. The Hall–Kier alpha value is -5.73. The molecule has 50 heavy (non-hydrogen) atoms. The fraction of sp³-hybridized carbons (Fsp3) is 0.178. The van der Waals surface area contributed by atoms with Gasteiger partial charge >= 0.3 is 0 Å². The molecule has 0 amide bonds. The lowest BCUT2D eigenvalue weighted by atomic mass is 9.86. The summed E-state index contributed by atoms with van der Waals surface area (Å²) in [5, 5.41) is 15.4. The summed E-state index contributed by atoms with van der Waals surface area (Å²) in [4.78, 5) is 0. The van der Waals surface area contributed by atoms with Crippen LogP contribution in [0, 0.1) is 23.0 Å². The highest BCUT2D eigenvalue weighted by atomic mass is 19.1. The van der Waals surface area contributed by atoms with Gasteiger partial charge < -0.3 is 9.13 Å². The van der Waals surface area contributed by atoms with Crippen LogP contribution in [-0.2, 0) is 10.8 Å². The molecular formula is C45H37F2N3. The van der Waals surface area contributed by atoms with E-state index < -0.39 is 11.6 Å². The summed E-state index contributed by atoms with van der Waals surface area (Å²) in [7, 11) is 0. The number of halogens is 2. The van der Waals surface area contributed by atoms with Gasteiger partial charge in [-0.25, -0.2) is 8.78 Å². The number of hydrogen-bond donors (Lipinski definition) is 0. The Labute approximate surface area is 290 Å². The highest BCUT2D eigenvalue weighted by Crippen LogP contribution is 2.42. The van der Waals surface area contributed by atoms with Crippen LogP contribution in [0.1, 0.15) is 58.2 Å². The lowest BCUT2D eigenvalue weighted by Gasteiger charge is -2.20. The first-order chi connectivity index (χ1) is 23.8. The third kappa shape index (κ3) is 4.98. The molecule has 0 radical (unpaired) electrons. The molecule has 0 aliphatic carbocycles. The molecule has 6 aromatic carbocycles. The number of hydrogen-bond acceptors (Lipinski definition) is 1. The summed E-state index contributed by atoms with van der Waals surface area (Å²) in [5.74, 6) is -1.32. The van der Waals surface area contributed by atoms with Crippen molar-refractivity contribution in [2.24, 2.45) is 0 Å². The Morgan fingerprint density at radius 2 is 0.880 bits per heavy atom. The Balaban J connectivity index is 1.54. The first kappa shape index (κ1) is 31.5. The first-order valence-corrected chi connectivity index (χ1v) is 17.0. The monoisotopic (exact) mass is 657 g/mol. The molecule has 0 atom stereocenters. The van der Waals surface area contributed by atoms with Crippen molar-refractivity contribution in [1.82, 2.24) is 9.13 Å². The zero-order valence-corrected chi connectivity index (χ0v) is 29.1. The van der Waals surface area contributed by atoms with Crippen molar-refractivity contribution < 1.29 is 8.78 Å². The molecule has 0 saturated carbocycles. The summed E-state index contributed by atoms with van der Waals surface area (Å²) in [6, 6.07) is 39.4. The van der Waals surface area contributed by atoms with Crippen molar-refractivity contribution in [1.29, 1.82) is 5.26 Å². The van der Waals surface area contributed by atoms with Crippen LogP contribution in [0.3, 0.4) is 0 Å². The van der Waals surface area contributed by atoms with Gasteiger partial charge in [0.05, 0.1) is 33.4 Å². The fourth-order valence-electron chi connectivity index (χ4n) is 7.36. The minimum Gasteiger partial charge on any atom is -0.308 e. The van der Waals surface area contributed by atoms with Gasteiger partial charge in [0.2, 0.25) is 0 Å². The van der Waals surface area contributed by atoms with E-state index in [1.54, 1.807) is 0 Å². The number of aromatic nitrogens is 2. The molecule has 0 aliphatic rings. The number of rotatable bonds is 3. The normalized spacial score (nSPS) is 12.4. The van der Waals surface area contributed by atoms with Gasteiger partial charge in [-0.1, -0.05) is 90.1 Å². The van der Waals surface area contributed by atoms with E-state index in [0.717, 1.165) is 49.7 Å². The van der Waals surface area contributed by atoms with Crippen LogP contribution in [0.2, 0.25) is 0 Å². The molecule has 0 saturated heterocycles. The Kier molecular flexibility index (Phi) is 7.03. The molecule has 8 rings (SSSR count). The van der Waals surface area contributed by atoms with Crippen LogP contribution in [0.5, 0.6) is 0 Å². The van der Waals surface area contributed by atoms with E-state index in [9.17, 15) is 14.0 Å². The van der Waals surface area contributed by atoms with Gasteiger partial charge in [0.1, 0.15) is 23.3 Å². The van der Waals surface area contributed by atoms with E-state index in [1.165, 1.54) is 23.3 Å². The van der Waals surface area contributed by atoms with Gasteiger partial charge in [0.25, 0.3) is 0 Å². The van der Waals surface area contributed by atoms with Crippen molar-refractivity contribution in [2.45, 2.75) is 52.4 Å². The molecule has 2 heterocycles. The van der Waals surface area contributed by atoms with Gasteiger partial charge in [0, 0.05) is 27.6 Å². The molecule has 0 spiro atoms. The maximum Gasteiger partial charge on any atom is 0.126 e. The SMILES string of the molecule is CC(C)(C)c1ccc2c(c1)c1ccccc1n2-c1cc(-c2cc(F)cc(F)c2)cc(-n2c3ccccc3c3cc(C(C)(C)C)ccc32)c1C#N. The van der Waals surface area contributed by atoms with Crippen LogP contribution in [0.25, 0.3) is 66.1 Å². The highest BCUT2D eigenvalue weighted by molar-refractivity contribution is 6.11. The lowest BCUT2D eigenvalue weighted by Crippen LogP contribution is -2.10. The second kappa shape index (κ2) is 11.1. The van der Waals surface area contributed by atoms with E-state index >= 15 is 0 Å². The summed E-state index contributed by atoms with van der Waals surface area (Å²) in [6.45, 7) is 13.2. The minimum absolute atomic E-state index is 0.0624. The largest absolute Gasteiger partial charge is 0.308 e. The van der Waals surface area contributed by atoms with E-state index in [0.29, 0.717) is 28.1 Å². The number of para-hydroxylation sites is 2. The van der Waals surface area contributed by atoms with Gasteiger partial charge in [-0.2, -0.15) is 5.26 Å². The summed E-state index contributed by atoms with van der Waals surface area (Å²) >= 11 is 0. The standard InChI is InChI=1S/C45H37F2N3/c1-44(2,3)29-15-17-40-35(23-29)33-11-7-9-13-38(33)49(40)42-21-28(27-19-31(46)25-32(47)20-27)22-43(37(42)26-48)50-39-14-10-8-12-34(39)36-24-30(45(4,5)6)16-18-41(36)50/h7-25H,1-6H3. The molecule has 3 nitrogen and oxygen atoms in total. The molecule has 2 aromatic heterocycles. The molecular weight excluding hydrogens is 621 g/mol. The maximum absolute atomic E-state index is 14.8. The van der Waals surface area contributed by atoms with Gasteiger partial charge in [-0.15, -0.1) is 0 Å². The van der Waals surface area contributed by atoms with Gasteiger partial charge in [-0.05, 0) is 93.7 Å². The van der Waals surface area contributed by atoms with Crippen LogP contribution >= 0.6 is 0 Å². The lowest BCUT2D eigenvalue weighted by molar-refractivity contribution is 0.584. The second-order valence-electron chi connectivity index (χ2n) is 15.3. The Bertz CT molecular complexity index is 2530. The molecule has 0 fully saturated rings. The fourth-order valence-corrected chi connectivity index (χ4v) is 7.36. The minimum atomic E-state index is -0.661. The molecule has 0 aliphatic heterocycles. The van der Waals surface area contributed by atoms with E-state index in [2.05, 4.69) is 117 Å². The number of fused-ring (bicyclic) bond motifs is 6. The Morgan fingerprint density at radius 1 is 0.480 bits per heavy atom. The predicted octanol–water partition coefficient (Wildman–Crippen LogP) is 12.3. The maximum atomic E-state index is 14.8. The molecule has 0 N–H and O–H groups in total. The molecule has 246 valence electrons.